The van der Waals surface area contributed by atoms with E-state index in [0.717, 1.165) is 16.7 Å². The average molecular weight is 335 g/mol. The normalized spacial score (nSPS) is 10.3. The van der Waals surface area contributed by atoms with E-state index in [1.165, 1.54) is 6.07 Å². The van der Waals surface area contributed by atoms with Gasteiger partial charge in [-0.25, -0.2) is 4.39 Å². The van der Waals surface area contributed by atoms with E-state index in [2.05, 4.69) is 5.32 Å². The standard InChI is InChI=1S/C21H18FNO2/c1-15-11-12-19(18(22)13-15)23-21(24)14-25-20-10-6-5-9-17(20)16-7-3-2-4-8-16/h2-13H,14H2,1H3,(H,23,24). The van der Waals surface area contributed by atoms with Crippen LogP contribution in [0.5, 0.6) is 5.75 Å². The summed E-state index contributed by atoms with van der Waals surface area (Å²) in [5.41, 5.74) is 2.85. The maximum Gasteiger partial charge on any atom is 0.262 e. The molecule has 126 valence electrons. The number of hydrogen-bond acceptors (Lipinski definition) is 2. The lowest BCUT2D eigenvalue weighted by Crippen LogP contribution is -2.21. The number of hydrogen-bond donors (Lipinski definition) is 1. The summed E-state index contributed by atoms with van der Waals surface area (Å²) in [5, 5.41) is 2.53. The molecule has 25 heavy (non-hydrogen) atoms. The number of rotatable bonds is 5. The third kappa shape index (κ3) is 4.23. The van der Waals surface area contributed by atoms with E-state index in [0.29, 0.717) is 5.75 Å². The first-order valence-corrected chi connectivity index (χ1v) is 7.97. The molecule has 4 heteroatoms. The van der Waals surface area contributed by atoms with Crippen molar-refractivity contribution in [2.24, 2.45) is 0 Å². The maximum atomic E-state index is 13.8. The molecule has 0 aromatic heterocycles. The van der Waals surface area contributed by atoms with Gasteiger partial charge in [0.2, 0.25) is 0 Å². The second kappa shape index (κ2) is 7.62. The van der Waals surface area contributed by atoms with Crippen molar-refractivity contribution < 1.29 is 13.9 Å². The number of para-hydroxylation sites is 1. The maximum absolute atomic E-state index is 13.8. The quantitative estimate of drug-likeness (QED) is 0.726. The van der Waals surface area contributed by atoms with Crippen LogP contribution in [0.4, 0.5) is 10.1 Å². The van der Waals surface area contributed by atoms with Gasteiger partial charge in [-0.15, -0.1) is 0 Å². The van der Waals surface area contributed by atoms with Crippen molar-refractivity contribution in [1.29, 1.82) is 0 Å². The number of anilines is 1. The monoisotopic (exact) mass is 335 g/mol. The molecule has 3 rings (SSSR count). The van der Waals surface area contributed by atoms with E-state index in [1.54, 1.807) is 19.1 Å². The first kappa shape index (κ1) is 16.7. The zero-order valence-electron chi connectivity index (χ0n) is 13.8. The van der Waals surface area contributed by atoms with Crippen molar-refractivity contribution in [1.82, 2.24) is 0 Å². The van der Waals surface area contributed by atoms with Crippen LogP contribution in [0.25, 0.3) is 11.1 Å². The number of carbonyl (C=O) groups excluding carboxylic acids is 1. The second-order valence-electron chi connectivity index (χ2n) is 5.68. The zero-order chi connectivity index (χ0) is 17.6. The smallest absolute Gasteiger partial charge is 0.262 e. The van der Waals surface area contributed by atoms with E-state index in [-0.39, 0.29) is 12.3 Å². The molecule has 0 radical (unpaired) electrons. The molecule has 0 aliphatic carbocycles. The molecular weight excluding hydrogens is 317 g/mol. The molecule has 0 aliphatic rings. The fraction of sp³-hybridized carbons (Fsp3) is 0.0952. The van der Waals surface area contributed by atoms with Crippen molar-refractivity contribution in [2.45, 2.75) is 6.92 Å². The van der Waals surface area contributed by atoms with Crippen molar-refractivity contribution >= 4 is 11.6 Å². The first-order valence-electron chi connectivity index (χ1n) is 7.97. The number of amides is 1. The van der Waals surface area contributed by atoms with Gasteiger partial charge in [0.1, 0.15) is 11.6 Å². The summed E-state index contributed by atoms with van der Waals surface area (Å²) in [5.74, 6) is -0.267. The molecule has 0 bridgehead atoms. The van der Waals surface area contributed by atoms with Crippen LogP contribution in [-0.4, -0.2) is 12.5 Å². The molecule has 3 aromatic rings. The van der Waals surface area contributed by atoms with Crippen molar-refractivity contribution in [3.63, 3.8) is 0 Å². The van der Waals surface area contributed by atoms with Gasteiger partial charge in [0.25, 0.3) is 5.91 Å². The Morgan fingerprint density at radius 3 is 2.48 bits per heavy atom. The Bertz CT molecular complexity index is 878. The van der Waals surface area contributed by atoms with E-state index >= 15 is 0 Å². The average Bonchev–Trinajstić information content (AvgIpc) is 2.63. The molecular formula is C21H18FNO2. The van der Waals surface area contributed by atoms with Gasteiger partial charge < -0.3 is 10.1 Å². The number of nitrogens with one attached hydrogen (secondary N) is 1. The lowest BCUT2D eigenvalue weighted by Gasteiger charge is -2.12. The molecule has 3 aromatic carbocycles. The lowest BCUT2D eigenvalue weighted by atomic mass is 10.1. The number of carbonyl (C=O) groups is 1. The van der Waals surface area contributed by atoms with Gasteiger partial charge in [0.15, 0.2) is 6.61 Å². The van der Waals surface area contributed by atoms with Crippen LogP contribution >= 0.6 is 0 Å². The molecule has 0 aliphatic heterocycles. The van der Waals surface area contributed by atoms with Crippen LogP contribution in [0.2, 0.25) is 0 Å². The summed E-state index contributed by atoms with van der Waals surface area (Å²) in [6, 6.07) is 21.9. The predicted molar refractivity (Wildman–Crippen MR) is 97.1 cm³/mol. The highest BCUT2D eigenvalue weighted by molar-refractivity contribution is 5.92. The Balaban J connectivity index is 1.69. The Morgan fingerprint density at radius 1 is 1.00 bits per heavy atom. The molecule has 1 amide bonds. The van der Waals surface area contributed by atoms with Gasteiger partial charge in [-0.3, -0.25) is 4.79 Å². The fourth-order valence-electron chi connectivity index (χ4n) is 2.50. The summed E-state index contributed by atoms with van der Waals surface area (Å²) >= 11 is 0. The Morgan fingerprint density at radius 2 is 1.72 bits per heavy atom. The van der Waals surface area contributed by atoms with Crippen LogP contribution in [-0.2, 0) is 4.79 Å². The van der Waals surface area contributed by atoms with Crippen LogP contribution in [0.15, 0.2) is 72.8 Å². The number of halogens is 1. The van der Waals surface area contributed by atoms with Crippen LogP contribution < -0.4 is 10.1 Å². The topological polar surface area (TPSA) is 38.3 Å². The highest BCUT2D eigenvalue weighted by Gasteiger charge is 2.10. The van der Waals surface area contributed by atoms with Crippen LogP contribution in [0, 0.1) is 12.7 Å². The molecule has 0 saturated carbocycles. The van der Waals surface area contributed by atoms with Crippen molar-refractivity contribution in [3.05, 3.63) is 84.2 Å². The first-order chi connectivity index (χ1) is 12.1. The summed E-state index contributed by atoms with van der Waals surface area (Å²) in [6.07, 6.45) is 0. The van der Waals surface area contributed by atoms with Gasteiger partial charge in [0, 0.05) is 5.56 Å². The molecule has 0 spiro atoms. The summed E-state index contributed by atoms with van der Waals surface area (Å²) in [6.45, 7) is 1.59. The second-order valence-corrected chi connectivity index (χ2v) is 5.68. The van der Waals surface area contributed by atoms with Crippen LogP contribution in [0.1, 0.15) is 5.56 Å². The Hall–Kier alpha value is -3.14. The molecule has 0 atom stereocenters. The van der Waals surface area contributed by atoms with Gasteiger partial charge in [-0.2, -0.15) is 0 Å². The molecule has 1 N–H and O–H groups in total. The van der Waals surface area contributed by atoms with Gasteiger partial charge in [-0.1, -0.05) is 54.6 Å². The van der Waals surface area contributed by atoms with Crippen molar-refractivity contribution in [3.8, 4) is 16.9 Å². The summed E-state index contributed by atoms with van der Waals surface area (Å²) in [4.78, 5) is 12.1. The Kier molecular flexibility index (Phi) is 5.09. The van der Waals surface area contributed by atoms with E-state index in [4.69, 9.17) is 4.74 Å². The molecule has 0 heterocycles. The zero-order valence-corrected chi connectivity index (χ0v) is 13.8. The minimum absolute atomic E-state index is 0.149. The SMILES string of the molecule is Cc1ccc(NC(=O)COc2ccccc2-c2ccccc2)c(F)c1. The molecule has 0 unspecified atom stereocenters. The third-order valence-electron chi connectivity index (χ3n) is 3.73. The lowest BCUT2D eigenvalue weighted by molar-refractivity contribution is -0.118. The predicted octanol–water partition coefficient (Wildman–Crippen LogP) is 4.82. The highest BCUT2D eigenvalue weighted by atomic mass is 19.1. The van der Waals surface area contributed by atoms with Gasteiger partial charge in [0.05, 0.1) is 5.69 Å². The van der Waals surface area contributed by atoms with Crippen LogP contribution in [0.3, 0.4) is 0 Å². The minimum atomic E-state index is -0.460. The van der Waals surface area contributed by atoms with E-state index in [1.807, 2.05) is 54.6 Å². The van der Waals surface area contributed by atoms with Gasteiger partial charge >= 0.3 is 0 Å². The Labute approximate surface area is 146 Å². The number of benzene rings is 3. The number of ether oxygens (including phenoxy) is 1. The molecule has 0 fully saturated rings. The van der Waals surface area contributed by atoms with Crippen molar-refractivity contribution in [2.75, 3.05) is 11.9 Å². The highest BCUT2D eigenvalue weighted by Crippen LogP contribution is 2.29. The fourth-order valence-corrected chi connectivity index (χ4v) is 2.50. The largest absolute Gasteiger partial charge is 0.483 e. The number of aryl methyl sites for hydroxylation is 1. The van der Waals surface area contributed by atoms with E-state index < -0.39 is 11.7 Å². The third-order valence-corrected chi connectivity index (χ3v) is 3.73. The van der Waals surface area contributed by atoms with Gasteiger partial charge in [-0.05, 0) is 36.2 Å². The van der Waals surface area contributed by atoms with E-state index in [9.17, 15) is 9.18 Å². The molecule has 3 nitrogen and oxygen atoms in total. The molecule has 0 saturated heterocycles. The summed E-state index contributed by atoms with van der Waals surface area (Å²) < 4.78 is 19.5. The minimum Gasteiger partial charge on any atom is -0.483 e. The summed E-state index contributed by atoms with van der Waals surface area (Å²) in [7, 11) is 0.